The summed E-state index contributed by atoms with van der Waals surface area (Å²) in [5, 5.41) is 2.76. The SMILES string of the molecule is COC(=O)C(=O)[C@@H](C(=O)C(=O)Nc1ccc(Cl)cc1C)c1nc2ccc(C(=O)c3ccccc3)cc2[nH]c1=O. The second kappa shape index (κ2) is 11.2. The van der Waals surface area contributed by atoms with Crippen molar-refractivity contribution < 1.29 is 28.7 Å². The molecule has 0 fully saturated rings. The van der Waals surface area contributed by atoms with Gasteiger partial charge in [0.25, 0.3) is 17.2 Å². The van der Waals surface area contributed by atoms with Gasteiger partial charge in [0.15, 0.2) is 5.78 Å². The largest absolute Gasteiger partial charge is 0.463 e. The van der Waals surface area contributed by atoms with Crippen molar-refractivity contribution in [2.75, 3.05) is 12.4 Å². The van der Waals surface area contributed by atoms with Gasteiger partial charge in [0.1, 0.15) is 11.6 Å². The number of aromatic nitrogens is 2. The average molecular weight is 546 g/mol. The highest BCUT2D eigenvalue weighted by atomic mass is 35.5. The van der Waals surface area contributed by atoms with E-state index in [0.717, 1.165) is 7.11 Å². The molecule has 1 amide bonds. The number of hydrogen-bond donors (Lipinski definition) is 2. The first kappa shape index (κ1) is 27.1. The quantitative estimate of drug-likeness (QED) is 0.148. The summed E-state index contributed by atoms with van der Waals surface area (Å²) in [7, 11) is 0.919. The normalized spacial score (nSPS) is 11.5. The number of ether oxygens (including phenoxy) is 1. The number of fused-ring (bicyclic) bond motifs is 1. The molecule has 39 heavy (non-hydrogen) atoms. The summed E-state index contributed by atoms with van der Waals surface area (Å²) in [5.74, 6) is -8.01. The topological polar surface area (TPSA) is 152 Å². The summed E-state index contributed by atoms with van der Waals surface area (Å²) < 4.78 is 4.44. The van der Waals surface area contributed by atoms with Crippen LogP contribution in [0.4, 0.5) is 5.69 Å². The molecule has 0 radical (unpaired) electrons. The number of amides is 1. The summed E-state index contributed by atoms with van der Waals surface area (Å²) >= 11 is 5.92. The highest BCUT2D eigenvalue weighted by Gasteiger charge is 2.40. The van der Waals surface area contributed by atoms with Crippen LogP contribution in [0.5, 0.6) is 0 Å². The molecule has 0 saturated heterocycles. The van der Waals surface area contributed by atoms with E-state index in [1.54, 1.807) is 43.3 Å². The van der Waals surface area contributed by atoms with Crippen molar-refractivity contribution >= 4 is 57.5 Å². The van der Waals surface area contributed by atoms with Crippen LogP contribution in [-0.2, 0) is 23.9 Å². The standard InChI is InChI=1S/C28H20ClN3O7/c1-14-12-17(29)9-11-18(14)31-27(37)24(34)21(25(35)28(38)39-2)22-26(36)32-20-13-16(8-10-19(20)30-22)23(33)15-6-4-3-5-7-15/h3-13,21H,1-2H3,(H,31,37)(H,32,36)/t21-/m1/s1. The molecule has 196 valence electrons. The molecule has 4 rings (SSSR count). The number of anilines is 1. The number of benzene rings is 3. The number of nitrogens with one attached hydrogen (secondary N) is 2. The lowest BCUT2D eigenvalue weighted by Crippen LogP contribution is -2.39. The fourth-order valence-electron chi connectivity index (χ4n) is 3.86. The van der Waals surface area contributed by atoms with Gasteiger partial charge in [-0.15, -0.1) is 0 Å². The highest BCUT2D eigenvalue weighted by molar-refractivity contribution is 6.52. The molecule has 0 bridgehead atoms. The van der Waals surface area contributed by atoms with Crippen LogP contribution in [0.1, 0.15) is 33.1 Å². The van der Waals surface area contributed by atoms with E-state index in [1.807, 2.05) is 0 Å². The Balaban J connectivity index is 1.73. The third-order valence-electron chi connectivity index (χ3n) is 5.86. The van der Waals surface area contributed by atoms with Gasteiger partial charge in [0.2, 0.25) is 5.78 Å². The molecule has 2 N–H and O–H groups in total. The fourth-order valence-corrected chi connectivity index (χ4v) is 4.09. The Morgan fingerprint density at radius 1 is 0.923 bits per heavy atom. The Morgan fingerprint density at radius 3 is 2.31 bits per heavy atom. The Bertz CT molecular complexity index is 1710. The third kappa shape index (κ3) is 5.65. The summed E-state index contributed by atoms with van der Waals surface area (Å²) in [4.78, 5) is 83.4. The van der Waals surface area contributed by atoms with Gasteiger partial charge in [0, 0.05) is 21.8 Å². The van der Waals surface area contributed by atoms with Crippen LogP contribution in [0, 0.1) is 6.92 Å². The van der Waals surface area contributed by atoms with Crippen LogP contribution in [0.2, 0.25) is 5.02 Å². The van der Waals surface area contributed by atoms with E-state index in [2.05, 4.69) is 20.0 Å². The number of aryl methyl sites for hydroxylation is 1. The van der Waals surface area contributed by atoms with Crippen molar-refractivity contribution in [3.8, 4) is 0 Å². The van der Waals surface area contributed by atoms with E-state index in [0.29, 0.717) is 16.1 Å². The Labute approximate surface area is 226 Å². The van der Waals surface area contributed by atoms with Gasteiger partial charge in [-0.1, -0.05) is 41.9 Å². The number of methoxy groups -OCH3 is 1. The number of carbonyl (C=O) groups excluding carboxylic acids is 5. The van der Waals surface area contributed by atoms with Crippen molar-refractivity contribution in [2.24, 2.45) is 0 Å². The number of hydrogen-bond acceptors (Lipinski definition) is 8. The number of halogens is 1. The minimum absolute atomic E-state index is 0.110. The maximum absolute atomic E-state index is 13.2. The van der Waals surface area contributed by atoms with E-state index in [1.165, 1.54) is 30.3 Å². The molecule has 0 unspecified atom stereocenters. The van der Waals surface area contributed by atoms with Crippen molar-refractivity contribution in [2.45, 2.75) is 12.8 Å². The van der Waals surface area contributed by atoms with Gasteiger partial charge in [-0.2, -0.15) is 0 Å². The number of Topliss-reactive ketones (excluding diaryl/α,β-unsaturated/α-hetero) is 2. The number of H-pyrrole nitrogens is 1. The molecule has 0 aliphatic rings. The van der Waals surface area contributed by atoms with Gasteiger partial charge in [-0.3, -0.25) is 24.0 Å². The predicted octanol–water partition coefficient (Wildman–Crippen LogP) is 3.15. The lowest BCUT2D eigenvalue weighted by molar-refractivity contribution is -0.154. The number of carbonyl (C=O) groups is 5. The molecule has 1 aromatic heterocycles. The first-order chi connectivity index (χ1) is 18.6. The lowest BCUT2D eigenvalue weighted by atomic mass is 9.94. The maximum Gasteiger partial charge on any atom is 0.375 e. The highest BCUT2D eigenvalue weighted by Crippen LogP contribution is 2.22. The first-order valence-electron chi connectivity index (χ1n) is 11.5. The van der Waals surface area contributed by atoms with E-state index in [4.69, 9.17) is 11.6 Å². The van der Waals surface area contributed by atoms with Crippen molar-refractivity contribution in [3.63, 3.8) is 0 Å². The minimum Gasteiger partial charge on any atom is -0.463 e. The smallest absolute Gasteiger partial charge is 0.375 e. The zero-order valence-electron chi connectivity index (χ0n) is 20.6. The van der Waals surface area contributed by atoms with Gasteiger partial charge in [-0.05, 0) is 48.9 Å². The summed E-state index contributed by atoms with van der Waals surface area (Å²) in [5.41, 5.74) is 0.0305. The zero-order chi connectivity index (χ0) is 28.3. The molecule has 3 aromatic carbocycles. The second-order valence-electron chi connectivity index (χ2n) is 8.44. The van der Waals surface area contributed by atoms with Gasteiger partial charge in [-0.25, -0.2) is 9.78 Å². The summed E-state index contributed by atoms with van der Waals surface area (Å²) in [6.07, 6.45) is 0. The van der Waals surface area contributed by atoms with Crippen molar-refractivity contribution in [1.82, 2.24) is 9.97 Å². The lowest BCUT2D eigenvalue weighted by Gasteiger charge is -2.14. The molecule has 0 aliphatic heterocycles. The van der Waals surface area contributed by atoms with Crippen LogP contribution < -0.4 is 10.9 Å². The van der Waals surface area contributed by atoms with E-state index in [-0.39, 0.29) is 28.1 Å². The molecule has 0 saturated carbocycles. The van der Waals surface area contributed by atoms with Crippen LogP contribution in [-0.4, -0.2) is 46.3 Å². The second-order valence-corrected chi connectivity index (χ2v) is 8.88. The predicted molar refractivity (Wildman–Crippen MR) is 142 cm³/mol. The zero-order valence-corrected chi connectivity index (χ0v) is 21.4. The Kier molecular flexibility index (Phi) is 7.78. The molecular formula is C28H20ClN3O7. The van der Waals surface area contributed by atoms with Crippen LogP contribution >= 0.6 is 11.6 Å². The van der Waals surface area contributed by atoms with Gasteiger partial charge < -0.3 is 15.0 Å². The number of nitrogens with zero attached hydrogens (tertiary/aromatic N) is 1. The molecule has 4 aromatic rings. The van der Waals surface area contributed by atoms with Crippen molar-refractivity contribution in [3.05, 3.63) is 104 Å². The van der Waals surface area contributed by atoms with E-state index < -0.39 is 40.6 Å². The van der Waals surface area contributed by atoms with E-state index in [9.17, 15) is 28.8 Å². The van der Waals surface area contributed by atoms with Crippen LogP contribution in [0.25, 0.3) is 11.0 Å². The fraction of sp³-hybridized carbons (Fsp3) is 0.107. The Hall–Kier alpha value is -4.96. The van der Waals surface area contributed by atoms with E-state index >= 15 is 0 Å². The number of esters is 1. The van der Waals surface area contributed by atoms with Gasteiger partial charge >= 0.3 is 5.97 Å². The summed E-state index contributed by atoms with van der Waals surface area (Å²) in [6, 6.07) is 17.2. The molecule has 1 atom stereocenters. The summed E-state index contributed by atoms with van der Waals surface area (Å²) in [6.45, 7) is 1.63. The number of aromatic amines is 1. The van der Waals surface area contributed by atoms with Gasteiger partial charge in [0.05, 0.1) is 18.1 Å². The van der Waals surface area contributed by atoms with Crippen LogP contribution in [0.15, 0.2) is 71.5 Å². The minimum atomic E-state index is -2.18. The molecule has 1 heterocycles. The first-order valence-corrected chi connectivity index (χ1v) is 11.9. The molecule has 0 spiro atoms. The molecular weight excluding hydrogens is 526 g/mol. The molecule has 11 heteroatoms. The maximum atomic E-state index is 13.2. The third-order valence-corrected chi connectivity index (χ3v) is 6.10. The number of rotatable bonds is 8. The Morgan fingerprint density at radius 2 is 1.64 bits per heavy atom. The van der Waals surface area contributed by atoms with Crippen molar-refractivity contribution in [1.29, 1.82) is 0 Å². The monoisotopic (exact) mass is 545 g/mol. The molecule has 0 aliphatic carbocycles. The number of ketones is 3. The average Bonchev–Trinajstić information content (AvgIpc) is 2.94. The molecule has 10 nitrogen and oxygen atoms in total. The van der Waals surface area contributed by atoms with Crippen LogP contribution in [0.3, 0.4) is 0 Å².